The number of hydrogen-bond acceptors (Lipinski definition) is 7. The molecule has 1 saturated carbocycles. The van der Waals surface area contributed by atoms with Crippen LogP contribution >= 0.6 is 0 Å². The molecule has 1 heterocycles. The number of fused-ring (bicyclic) bond motifs is 1. The Morgan fingerprint density at radius 3 is 1.91 bits per heavy atom. The van der Waals surface area contributed by atoms with E-state index in [0.29, 0.717) is 30.2 Å². The Hall–Kier alpha value is -0.280. The lowest BCUT2D eigenvalue weighted by molar-refractivity contribution is 0.253. The minimum atomic E-state index is 0.507. The zero-order chi connectivity index (χ0) is 24.3. The molecule has 2 rings (SSSR count). The van der Waals surface area contributed by atoms with Crippen molar-refractivity contribution in [3.8, 4) is 0 Å². The predicted octanol–water partition coefficient (Wildman–Crippen LogP) is 2.20. The third kappa shape index (κ3) is 13.1. The molecule has 0 radical (unpaired) electrons. The second-order valence-corrected chi connectivity index (χ2v) is 10.8. The molecule has 1 aliphatic carbocycles. The summed E-state index contributed by atoms with van der Waals surface area (Å²) in [5, 5.41) is 19.6. The van der Waals surface area contributed by atoms with Crippen molar-refractivity contribution in [3.63, 3.8) is 0 Å². The average molecular weight is 482 g/mol. The first-order chi connectivity index (χ1) is 16.8. The van der Waals surface area contributed by atoms with Crippen molar-refractivity contribution in [2.24, 2.45) is 11.5 Å². The lowest BCUT2D eigenvalue weighted by Crippen LogP contribution is -2.55. The van der Waals surface area contributed by atoms with E-state index in [0.717, 1.165) is 58.7 Å². The van der Waals surface area contributed by atoms with Crippen LogP contribution in [0.1, 0.15) is 96.8 Å². The molecule has 2 fully saturated rings. The number of nitrogens with one attached hydrogen (secondary N) is 5. The summed E-state index contributed by atoms with van der Waals surface area (Å²) >= 11 is 0. The quantitative estimate of drug-likeness (QED) is 0.214. The molecule has 0 aromatic carbocycles. The van der Waals surface area contributed by atoms with Gasteiger partial charge in [0.2, 0.25) is 0 Å². The minimum absolute atomic E-state index is 0.507. The van der Waals surface area contributed by atoms with Gasteiger partial charge in [-0.25, -0.2) is 0 Å². The average Bonchev–Trinajstić information content (AvgIpc) is 2.85. The van der Waals surface area contributed by atoms with Gasteiger partial charge in [0.1, 0.15) is 0 Å². The van der Waals surface area contributed by atoms with E-state index in [1.807, 2.05) is 0 Å². The van der Waals surface area contributed by atoms with Crippen LogP contribution in [0.4, 0.5) is 0 Å². The maximum absolute atomic E-state index is 5.78. The number of unbranched alkanes of at least 4 members (excludes halogenated alkanes) is 4. The highest BCUT2D eigenvalue weighted by Crippen LogP contribution is 2.20. The Morgan fingerprint density at radius 2 is 1.21 bits per heavy atom. The highest BCUT2D eigenvalue weighted by atomic mass is 15.1. The van der Waals surface area contributed by atoms with Gasteiger partial charge in [-0.3, -0.25) is 0 Å². The minimum Gasteiger partial charge on any atom is -0.330 e. The zero-order valence-corrected chi connectivity index (χ0v) is 22.4. The summed E-state index contributed by atoms with van der Waals surface area (Å²) in [5.74, 6) is 0. The summed E-state index contributed by atoms with van der Waals surface area (Å²) in [6, 6.07) is 2.79. The molecular formula is C27H59N7. The molecule has 0 bridgehead atoms. The molecule has 34 heavy (non-hydrogen) atoms. The molecule has 1 saturated heterocycles. The van der Waals surface area contributed by atoms with E-state index in [9.17, 15) is 0 Å². The van der Waals surface area contributed by atoms with E-state index >= 15 is 0 Å². The van der Waals surface area contributed by atoms with Gasteiger partial charge in [0.15, 0.2) is 0 Å². The van der Waals surface area contributed by atoms with Crippen LogP contribution in [0.25, 0.3) is 0 Å². The van der Waals surface area contributed by atoms with Gasteiger partial charge in [0.25, 0.3) is 0 Å². The molecule has 0 spiro atoms. The number of nitrogens with two attached hydrogens (primary N) is 2. The predicted molar refractivity (Wildman–Crippen MR) is 147 cm³/mol. The van der Waals surface area contributed by atoms with E-state index in [1.165, 1.54) is 77.0 Å². The van der Waals surface area contributed by atoms with Gasteiger partial charge in [0, 0.05) is 62.9 Å². The van der Waals surface area contributed by atoms with Crippen molar-refractivity contribution in [3.05, 3.63) is 0 Å². The fourth-order valence-corrected chi connectivity index (χ4v) is 5.66. The monoisotopic (exact) mass is 481 g/mol. The van der Waals surface area contributed by atoms with Crippen molar-refractivity contribution < 1.29 is 0 Å². The summed E-state index contributed by atoms with van der Waals surface area (Å²) in [6.07, 6.45) is 17.6. The number of rotatable bonds is 12. The van der Waals surface area contributed by atoms with Crippen LogP contribution in [-0.4, -0.2) is 76.0 Å². The first kappa shape index (κ1) is 29.9. The smallest absolute Gasteiger partial charge is 0.0224 e. The van der Waals surface area contributed by atoms with Crippen LogP contribution in [-0.2, 0) is 0 Å². The van der Waals surface area contributed by atoms with Crippen molar-refractivity contribution >= 4 is 0 Å². The van der Waals surface area contributed by atoms with E-state index in [-0.39, 0.29) is 0 Å². The fourth-order valence-electron chi connectivity index (χ4n) is 5.66. The van der Waals surface area contributed by atoms with Crippen molar-refractivity contribution in [1.29, 1.82) is 0 Å². The zero-order valence-electron chi connectivity index (χ0n) is 22.4. The first-order valence-electron chi connectivity index (χ1n) is 14.8. The lowest BCUT2D eigenvalue weighted by atomic mass is 9.89. The summed E-state index contributed by atoms with van der Waals surface area (Å²) in [5.41, 5.74) is 11.5. The van der Waals surface area contributed by atoms with Gasteiger partial charge in [-0.1, -0.05) is 51.9 Å². The molecule has 1 aliphatic heterocycles. The largest absolute Gasteiger partial charge is 0.330 e. The summed E-state index contributed by atoms with van der Waals surface area (Å²) in [4.78, 5) is 0. The Morgan fingerprint density at radius 1 is 0.618 bits per heavy atom. The highest BCUT2D eigenvalue weighted by molar-refractivity contribution is 4.90. The Labute approximate surface area is 211 Å². The lowest BCUT2D eigenvalue weighted by Gasteiger charge is -2.36. The SMILES string of the molecule is CCCCC[C@@H]1CNC[C@@H](CCCCN)NC[C@H](CCCCN)NCCN[C@@H]2CCCC[C@H]2N1. The van der Waals surface area contributed by atoms with Gasteiger partial charge in [-0.15, -0.1) is 0 Å². The highest BCUT2D eigenvalue weighted by Gasteiger charge is 2.27. The topological polar surface area (TPSA) is 112 Å². The fraction of sp³-hybridized carbons (Fsp3) is 1.00. The maximum Gasteiger partial charge on any atom is 0.0224 e. The molecule has 7 nitrogen and oxygen atoms in total. The standard InChI is InChI=1S/C27H59N7/c1-2-3-4-13-25-21-30-20-23(11-7-9-16-28)33-22-24(12-8-10-17-29)31-18-19-32-26-14-5-6-15-27(26)34-25/h23-27,30-34H,2-22,28-29H2,1H3/t23-,24+,25-,26-,27-/m1/s1. The van der Waals surface area contributed by atoms with E-state index in [2.05, 4.69) is 33.5 Å². The van der Waals surface area contributed by atoms with Crippen LogP contribution < -0.4 is 38.1 Å². The van der Waals surface area contributed by atoms with E-state index in [1.54, 1.807) is 0 Å². The molecule has 5 atom stereocenters. The molecule has 0 aromatic heterocycles. The summed E-state index contributed by atoms with van der Waals surface area (Å²) in [7, 11) is 0. The summed E-state index contributed by atoms with van der Waals surface area (Å²) < 4.78 is 0. The molecular weight excluding hydrogens is 422 g/mol. The molecule has 202 valence electrons. The van der Waals surface area contributed by atoms with Crippen molar-refractivity contribution in [1.82, 2.24) is 26.6 Å². The van der Waals surface area contributed by atoms with Crippen LogP contribution in [0.3, 0.4) is 0 Å². The van der Waals surface area contributed by atoms with Crippen LogP contribution in [0.15, 0.2) is 0 Å². The van der Waals surface area contributed by atoms with Crippen LogP contribution in [0, 0.1) is 0 Å². The molecule has 0 unspecified atom stereocenters. The normalized spacial score (nSPS) is 30.3. The molecule has 7 heteroatoms. The second kappa shape index (κ2) is 19.9. The van der Waals surface area contributed by atoms with Gasteiger partial charge in [-0.05, 0) is 58.0 Å². The Kier molecular flexibility index (Phi) is 17.5. The van der Waals surface area contributed by atoms with Gasteiger partial charge in [-0.2, -0.15) is 0 Å². The Balaban J connectivity index is 2.01. The van der Waals surface area contributed by atoms with Gasteiger partial charge >= 0.3 is 0 Å². The van der Waals surface area contributed by atoms with E-state index in [4.69, 9.17) is 11.5 Å². The van der Waals surface area contributed by atoms with Crippen LogP contribution in [0.2, 0.25) is 0 Å². The van der Waals surface area contributed by atoms with Crippen LogP contribution in [0.5, 0.6) is 0 Å². The summed E-state index contributed by atoms with van der Waals surface area (Å²) in [6.45, 7) is 9.12. The maximum atomic E-state index is 5.78. The third-order valence-corrected chi connectivity index (χ3v) is 7.78. The van der Waals surface area contributed by atoms with Gasteiger partial charge in [0.05, 0.1) is 0 Å². The number of hydrogen-bond donors (Lipinski definition) is 7. The van der Waals surface area contributed by atoms with Crippen molar-refractivity contribution in [2.45, 2.75) is 127 Å². The van der Waals surface area contributed by atoms with Crippen molar-refractivity contribution in [2.75, 3.05) is 45.8 Å². The molecule has 2 aliphatic rings. The Bertz CT molecular complexity index is 464. The van der Waals surface area contributed by atoms with Gasteiger partial charge < -0.3 is 38.1 Å². The molecule has 0 amide bonds. The van der Waals surface area contributed by atoms with E-state index < -0.39 is 0 Å². The second-order valence-electron chi connectivity index (χ2n) is 10.8. The third-order valence-electron chi connectivity index (χ3n) is 7.78. The first-order valence-corrected chi connectivity index (χ1v) is 14.8. The molecule has 9 N–H and O–H groups in total. The molecule has 0 aromatic rings.